The van der Waals surface area contributed by atoms with Crippen molar-refractivity contribution in [1.29, 1.82) is 0 Å². The Morgan fingerprint density at radius 2 is 1.96 bits per heavy atom. The molecule has 0 aliphatic carbocycles. The number of nitrogens with zero attached hydrogens (tertiary/aromatic N) is 2. The number of hydrogen-bond donors (Lipinski definition) is 1. The maximum Gasteiger partial charge on any atom is 0.157 e. The van der Waals surface area contributed by atoms with E-state index in [0.717, 1.165) is 38.4 Å². The second kappa shape index (κ2) is 5.71. The molecule has 2 aromatic carbocycles. The Balaban J connectivity index is 1.90. The van der Waals surface area contributed by atoms with Gasteiger partial charge in [-0.15, -0.1) is 0 Å². The predicted molar refractivity (Wildman–Crippen MR) is 103 cm³/mol. The minimum atomic E-state index is -2.39. The summed E-state index contributed by atoms with van der Waals surface area (Å²) in [5.74, 6) is 0.670. The fraction of sp³-hybridized carbons (Fsp3) is 0.158. The van der Waals surface area contributed by atoms with Crippen molar-refractivity contribution in [3.8, 4) is 0 Å². The van der Waals surface area contributed by atoms with Crippen LogP contribution in [0.3, 0.4) is 0 Å². The van der Waals surface area contributed by atoms with Gasteiger partial charge in [-0.25, -0.2) is 9.97 Å². The van der Waals surface area contributed by atoms with Crippen LogP contribution < -0.4 is 10.6 Å². The van der Waals surface area contributed by atoms with Crippen LogP contribution in [0.25, 0.3) is 21.9 Å². The Bertz CT molecular complexity index is 1140. The first-order valence-electron chi connectivity index (χ1n) is 7.97. The van der Waals surface area contributed by atoms with E-state index in [0.29, 0.717) is 5.82 Å². The van der Waals surface area contributed by atoms with Crippen molar-refractivity contribution >= 4 is 45.8 Å². The van der Waals surface area contributed by atoms with Crippen molar-refractivity contribution in [3.63, 3.8) is 0 Å². The number of fused-ring (bicyclic) bond motifs is 2. The van der Waals surface area contributed by atoms with Crippen LogP contribution in [0.4, 0.5) is 11.5 Å². The number of nitrogens with one attached hydrogen (secondary N) is 1. The topological polar surface area (TPSA) is 68.0 Å². The van der Waals surface area contributed by atoms with Crippen LogP contribution in [0.2, 0.25) is 0 Å². The molecule has 0 saturated carbocycles. The molecule has 0 radical (unpaired) electrons. The van der Waals surface area contributed by atoms with E-state index in [1.807, 2.05) is 43.3 Å². The van der Waals surface area contributed by atoms with Gasteiger partial charge in [-0.2, -0.15) is 0 Å². The van der Waals surface area contributed by atoms with Gasteiger partial charge in [-0.05, 0) is 50.1 Å². The monoisotopic (exact) mass is 351 g/mol. The van der Waals surface area contributed by atoms with Crippen LogP contribution in [-0.2, 0) is 4.57 Å². The van der Waals surface area contributed by atoms with Crippen molar-refractivity contribution in [2.45, 2.75) is 6.92 Å². The lowest BCUT2D eigenvalue weighted by molar-refractivity contribution is 0.588. The largest absolute Gasteiger partial charge is 0.462 e. The van der Waals surface area contributed by atoms with Gasteiger partial charge in [0.1, 0.15) is 19.3 Å². The maximum absolute atomic E-state index is 12.6. The molecule has 126 valence electrons. The molecule has 0 atom stereocenters. The van der Waals surface area contributed by atoms with Gasteiger partial charge in [-0.3, -0.25) is 0 Å². The van der Waals surface area contributed by atoms with Crippen LogP contribution in [0.5, 0.6) is 0 Å². The van der Waals surface area contributed by atoms with E-state index in [4.69, 9.17) is 4.42 Å². The molecule has 0 amide bonds. The summed E-state index contributed by atoms with van der Waals surface area (Å²) in [5, 5.41) is 6.06. The Morgan fingerprint density at radius 1 is 1.12 bits per heavy atom. The zero-order chi connectivity index (χ0) is 17.6. The summed E-state index contributed by atoms with van der Waals surface area (Å²) >= 11 is 0. The molecule has 0 unspecified atom stereocenters. The summed E-state index contributed by atoms with van der Waals surface area (Å²) in [7, 11) is -2.39. The molecule has 0 bridgehead atoms. The van der Waals surface area contributed by atoms with E-state index in [1.54, 1.807) is 19.6 Å². The molecular weight excluding hydrogens is 333 g/mol. The SMILES string of the molecule is Cc1cc2ncnc(Nc3cccc4ccoc34)c2cc1P(C)(C)=O. The smallest absolute Gasteiger partial charge is 0.157 e. The maximum atomic E-state index is 12.6. The number of rotatable bonds is 3. The molecule has 4 rings (SSSR count). The van der Waals surface area contributed by atoms with Crippen molar-refractivity contribution < 1.29 is 8.98 Å². The second-order valence-electron chi connectivity index (χ2n) is 6.50. The number of furan rings is 1. The molecule has 25 heavy (non-hydrogen) atoms. The number of para-hydroxylation sites is 1. The molecule has 2 heterocycles. The first-order valence-corrected chi connectivity index (χ1v) is 10.6. The zero-order valence-electron chi connectivity index (χ0n) is 14.3. The van der Waals surface area contributed by atoms with E-state index < -0.39 is 7.14 Å². The van der Waals surface area contributed by atoms with Gasteiger partial charge in [0.15, 0.2) is 5.58 Å². The Kier molecular flexibility index (Phi) is 3.62. The summed E-state index contributed by atoms with van der Waals surface area (Å²) in [4.78, 5) is 8.75. The van der Waals surface area contributed by atoms with E-state index in [9.17, 15) is 4.57 Å². The van der Waals surface area contributed by atoms with Crippen molar-refractivity contribution in [2.75, 3.05) is 18.6 Å². The fourth-order valence-electron chi connectivity index (χ4n) is 3.09. The van der Waals surface area contributed by atoms with Crippen molar-refractivity contribution in [2.24, 2.45) is 0 Å². The molecule has 1 N–H and O–H groups in total. The molecule has 5 nitrogen and oxygen atoms in total. The Hall–Kier alpha value is -2.65. The molecule has 2 aromatic heterocycles. The first kappa shape index (κ1) is 15.9. The number of aryl methyl sites for hydroxylation is 1. The van der Waals surface area contributed by atoms with E-state index in [2.05, 4.69) is 15.3 Å². The van der Waals surface area contributed by atoms with Crippen LogP contribution in [0, 0.1) is 6.92 Å². The number of anilines is 2. The lowest BCUT2D eigenvalue weighted by atomic mass is 10.1. The highest BCUT2D eigenvalue weighted by molar-refractivity contribution is 7.70. The third-order valence-corrected chi connectivity index (χ3v) is 5.91. The highest BCUT2D eigenvalue weighted by Crippen LogP contribution is 2.38. The van der Waals surface area contributed by atoms with Gasteiger partial charge >= 0.3 is 0 Å². The Labute approximate surface area is 145 Å². The summed E-state index contributed by atoms with van der Waals surface area (Å²) in [6.45, 7) is 5.52. The standard InChI is InChI=1S/C19H18N3O2P/c1-12-9-16-14(10-17(12)25(2,3)23)19(21-11-20-16)22-15-6-4-5-13-7-8-24-18(13)15/h4-11H,1-3H3,(H,20,21,22). The molecular formula is C19H18N3O2P. The summed E-state index contributed by atoms with van der Waals surface area (Å²) in [6.07, 6.45) is 3.20. The fourth-order valence-corrected chi connectivity index (χ4v) is 4.45. The molecule has 0 spiro atoms. The normalized spacial score (nSPS) is 12.0. The van der Waals surface area contributed by atoms with Crippen LogP contribution in [0.1, 0.15) is 5.56 Å². The Morgan fingerprint density at radius 3 is 2.76 bits per heavy atom. The molecule has 0 aliphatic heterocycles. The summed E-state index contributed by atoms with van der Waals surface area (Å²) < 4.78 is 18.2. The average Bonchev–Trinajstić information content (AvgIpc) is 3.03. The van der Waals surface area contributed by atoms with E-state index in [-0.39, 0.29) is 0 Å². The number of aromatic nitrogens is 2. The van der Waals surface area contributed by atoms with Crippen molar-refractivity contribution in [1.82, 2.24) is 9.97 Å². The van der Waals surface area contributed by atoms with Gasteiger partial charge in [0, 0.05) is 16.1 Å². The quantitative estimate of drug-likeness (QED) is 0.543. The number of hydrogen-bond acceptors (Lipinski definition) is 5. The second-order valence-corrected chi connectivity index (χ2v) is 9.68. The van der Waals surface area contributed by atoms with Crippen molar-refractivity contribution in [3.05, 3.63) is 54.6 Å². The van der Waals surface area contributed by atoms with Crippen LogP contribution in [0.15, 0.2) is 53.4 Å². The van der Waals surface area contributed by atoms with Gasteiger partial charge in [0.05, 0.1) is 17.5 Å². The lowest BCUT2D eigenvalue weighted by Crippen LogP contribution is -2.09. The van der Waals surface area contributed by atoms with Gasteiger partial charge in [0.2, 0.25) is 0 Å². The minimum Gasteiger partial charge on any atom is -0.462 e. The highest BCUT2D eigenvalue weighted by atomic mass is 31.2. The predicted octanol–water partition coefficient (Wildman–Crippen LogP) is 4.68. The molecule has 0 fully saturated rings. The zero-order valence-corrected chi connectivity index (χ0v) is 15.2. The molecule has 4 aromatic rings. The number of benzene rings is 2. The van der Waals surface area contributed by atoms with Gasteiger partial charge < -0.3 is 14.3 Å². The van der Waals surface area contributed by atoms with Crippen LogP contribution in [-0.4, -0.2) is 23.3 Å². The molecule has 6 heteroatoms. The van der Waals surface area contributed by atoms with E-state index in [1.165, 1.54) is 6.33 Å². The van der Waals surface area contributed by atoms with Gasteiger partial charge in [-0.1, -0.05) is 12.1 Å². The minimum absolute atomic E-state index is 0.670. The third-order valence-electron chi connectivity index (χ3n) is 4.27. The molecule has 0 saturated heterocycles. The van der Waals surface area contributed by atoms with E-state index >= 15 is 0 Å². The summed E-state index contributed by atoms with van der Waals surface area (Å²) in [6, 6.07) is 11.7. The van der Waals surface area contributed by atoms with Crippen LogP contribution >= 0.6 is 7.14 Å². The third kappa shape index (κ3) is 2.81. The lowest BCUT2D eigenvalue weighted by Gasteiger charge is -2.14. The highest BCUT2D eigenvalue weighted by Gasteiger charge is 2.17. The average molecular weight is 351 g/mol. The summed E-state index contributed by atoms with van der Waals surface area (Å²) in [5.41, 5.74) is 3.41. The molecule has 0 aliphatic rings. The van der Waals surface area contributed by atoms with Gasteiger partial charge in [0.25, 0.3) is 0 Å². The first-order chi connectivity index (χ1) is 11.9.